The van der Waals surface area contributed by atoms with E-state index in [9.17, 15) is 13.2 Å². The minimum atomic E-state index is -3.55. The molecule has 2 rings (SSSR count). The van der Waals surface area contributed by atoms with Gasteiger partial charge in [-0.1, -0.05) is 11.6 Å². The number of carbonyl (C=O) groups excluding carboxylic acids is 1. The van der Waals surface area contributed by atoms with Crippen LogP contribution in [0.3, 0.4) is 0 Å². The van der Waals surface area contributed by atoms with Crippen molar-refractivity contribution < 1.29 is 13.2 Å². The van der Waals surface area contributed by atoms with Gasteiger partial charge in [0.1, 0.15) is 6.54 Å². The number of carbonyl (C=O) groups is 1. The van der Waals surface area contributed by atoms with E-state index in [1.165, 1.54) is 0 Å². The first-order valence-electron chi connectivity index (χ1n) is 7.47. The maximum absolute atomic E-state index is 12.2. The lowest BCUT2D eigenvalue weighted by molar-refractivity contribution is -0.120. The molecule has 23 heavy (non-hydrogen) atoms. The van der Waals surface area contributed by atoms with Crippen molar-refractivity contribution in [3.05, 3.63) is 29.3 Å². The summed E-state index contributed by atoms with van der Waals surface area (Å²) in [5.74, 6) is -0.292. The summed E-state index contributed by atoms with van der Waals surface area (Å²) < 4.78 is 25.1. The van der Waals surface area contributed by atoms with Gasteiger partial charge in [0.25, 0.3) is 0 Å². The zero-order chi connectivity index (χ0) is 17.0. The Balaban J connectivity index is 2.03. The lowest BCUT2D eigenvalue weighted by Crippen LogP contribution is -2.47. The molecule has 128 valence electrons. The van der Waals surface area contributed by atoms with E-state index < -0.39 is 10.0 Å². The van der Waals surface area contributed by atoms with Crippen molar-refractivity contribution in [2.45, 2.75) is 18.9 Å². The number of halogens is 1. The standard InChI is InChI=1S/C15H22ClN3O3S/c1-18-9-7-13(8-10-18)17-15(20)11-19(23(2,21)22)14-5-3-12(16)4-6-14/h3-6,13H,7-11H2,1-2H3,(H,17,20). The average molecular weight is 360 g/mol. The molecule has 1 aliphatic rings. The van der Waals surface area contributed by atoms with Crippen LogP contribution in [0.4, 0.5) is 5.69 Å². The molecule has 1 aromatic rings. The quantitative estimate of drug-likeness (QED) is 0.860. The number of amides is 1. The maximum atomic E-state index is 12.2. The number of hydrogen-bond acceptors (Lipinski definition) is 4. The molecule has 0 atom stereocenters. The van der Waals surface area contributed by atoms with Crippen LogP contribution in [0.2, 0.25) is 5.02 Å². The molecular formula is C15H22ClN3O3S. The van der Waals surface area contributed by atoms with Gasteiger partial charge in [-0.15, -0.1) is 0 Å². The van der Waals surface area contributed by atoms with E-state index in [2.05, 4.69) is 10.2 Å². The van der Waals surface area contributed by atoms with Gasteiger partial charge in [-0.2, -0.15) is 0 Å². The molecule has 0 bridgehead atoms. The zero-order valence-electron chi connectivity index (χ0n) is 13.3. The number of hydrogen-bond donors (Lipinski definition) is 1. The van der Waals surface area contributed by atoms with Gasteiger partial charge in [-0.25, -0.2) is 8.42 Å². The first-order valence-corrected chi connectivity index (χ1v) is 9.69. The SMILES string of the molecule is CN1CCC(NC(=O)CN(c2ccc(Cl)cc2)S(C)(=O)=O)CC1. The van der Waals surface area contributed by atoms with E-state index in [1.807, 2.05) is 7.05 Å². The Morgan fingerprint density at radius 2 is 1.87 bits per heavy atom. The van der Waals surface area contributed by atoms with Gasteiger partial charge >= 0.3 is 0 Å². The third kappa shape index (κ3) is 5.37. The molecule has 1 N–H and O–H groups in total. The summed E-state index contributed by atoms with van der Waals surface area (Å²) in [4.78, 5) is 14.4. The lowest BCUT2D eigenvalue weighted by atomic mass is 10.1. The first kappa shape index (κ1) is 18.0. The Morgan fingerprint density at radius 3 is 2.39 bits per heavy atom. The topological polar surface area (TPSA) is 69.7 Å². The molecule has 1 saturated heterocycles. The van der Waals surface area contributed by atoms with Crippen LogP contribution in [-0.2, 0) is 14.8 Å². The summed E-state index contributed by atoms with van der Waals surface area (Å²) in [5.41, 5.74) is 0.426. The molecule has 0 unspecified atom stereocenters. The molecule has 1 fully saturated rings. The van der Waals surface area contributed by atoms with Crippen LogP contribution in [0.15, 0.2) is 24.3 Å². The van der Waals surface area contributed by atoms with Crippen molar-refractivity contribution in [2.75, 3.05) is 37.2 Å². The van der Waals surface area contributed by atoms with Crippen molar-refractivity contribution in [3.63, 3.8) is 0 Å². The molecule has 0 radical (unpaired) electrons. The van der Waals surface area contributed by atoms with E-state index in [4.69, 9.17) is 11.6 Å². The number of sulfonamides is 1. The molecule has 0 spiro atoms. The maximum Gasteiger partial charge on any atom is 0.240 e. The minimum Gasteiger partial charge on any atom is -0.352 e. The average Bonchev–Trinajstić information content (AvgIpc) is 2.47. The fourth-order valence-electron chi connectivity index (χ4n) is 2.56. The largest absolute Gasteiger partial charge is 0.352 e. The minimum absolute atomic E-state index is 0.102. The Hall–Kier alpha value is -1.31. The Morgan fingerprint density at radius 1 is 1.30 bits per heavy atom. The zero-order valence-corrected chi connectivity index (χ0v) is 14.9. The van der Waals surface area contributed by atoms with E-state index in [0.29, 0.717) is 10.7 Å². The predicted molar refractivity (Wildman–Crippen MR) is 92.3 cm³/mol. The van der Waals surface area contributed by atoms with E-state index in [-0.39, 0.29) is 18.5 Å². The number of benzene rings is 1. The number of nitrogens with one attached hydrogen (secondary N) is 1. The van der Waals surface area contributed by atoms with Crippen molar-refractivity contribution in [2.24, 2.45) is 0 Å². The highest BCUT2D eigenvalue weighted by molar-refractivity contribution is 7.92. The fraction of sp³-hybridized carbons (Fsp3) is 0.533. The van der Waals surface area contributed by atoms with Gasteiger partial charge in [0.05, 0.1) is 11.9 Å². The number of nitrogens with zero attached hydrogens (tertiary/aromatic N) is 2. The van der Waals surface area contributed by atoms with Crippen LogP contribution in [0.25, 0.3) is 0 Å². The number of likely N-dealkylation sites (tertiary alicyclic amines) is 1. The molecular weight excluding hydrogens is 338 g/mol. The summed E-state index contributed by atoms with van der Waals surface area (Å²) in [6.45, 7) is 1.63. The van der Waals surface area contributed by atoms with Crippen LogP contribution >= 0.6 is 11.6 Å². The summed E-state index contributed by atoms with van der Waals surface area (Å²) in [6.07, 6.45) is 2.84. The van der Waals surface area contributed by atoms with Gasteiger partial charge in [-0.3, -0.25) is 9.10 Å². The van der Waals surface area contributed by atoms with Gasteiger partial charge in [0.2, 0.25) is 15.9 Å². The monoisotopic (exact) mass is 359 g/mol. The van der Waals surface area contributed by atoms with Crippen LogP contribution in [-0.4, -0.2) is 58.2 Å². The highest BCUT2D eigenvalue weighted by Crippen LogP contribution is 2.20. The summed E-state index contributed by atoms with van der Waals surface area (Å²) in [6, 6.07) is 6.48. The van der Waals surface area contributed by atoms with Crippen molar-refractivity contribution in [1.82, 2.24) is 10.2 Å². The van der Waals surface area contributed by atoms with Gasteiger partial charge in [-0.05, 0) is 57.2 Å². The summed E-state index contributed by atoms with van der Waals surface area (Å²) in [7, 11) is -1.51. The number of rotatable bonds is 5. The van der Waals surface area contributed by atoms with Gasteiger partial charge < -0.3 is 10.2 Å². The smallest absolute Gasteiger partial charge is 0.240 e. The fourth-order valence-corrected chi connectivity index (χ4v) is 3.55. The number of anilines is 1. The second-order valence-electron chi connectivity index (χ2n) is 5.89. The van der Waals surface area contributed by atoms with E-state index in [1.54, 1.807) is 24.3 Å². The molecule has 6 nitrogen and oxygen atoms in total. The molecule has 1 aliphatic heterocycles. The van der Waals surface area contributed by atoms with Crippen LogP contribution in [0, 0.1) is 0 Å². The molecule has 0 aliphatic carbocycles. The van der Waals surface area contributed by atoms with Crippen molar-refractivity contribution in [1.29, 1.82) is 0 Å². The molecule has 1 amide bonds. The third-order valence-electron chi connectivity index (χ3n) is 3.89. The van der Waals surface area contributed by atoms with Crippen molar-refractivity contribution in [3.8, 4) is 0 Å². The molecule has 1 aromatic carbocycles. The van der Waals surface area contributed by atoms with Crippen LogP contribution < -0.4 is 9.62 Å². The third-order valence-corrected chi connectivity index (χ3v) is 5.28. The van der Waals surface area contributed by atoms with Crippen LogP contribution in [0.1, 0.15) is 12.8 Å². The Bertz CT molecular complexity index is 640. The first-order chi connectivity index (χ1) is 10.8. The highest BCUT2D eigenvalue weighted by atomic mass is 35.5. The Labute approximate surface area is 142 Å². The number of piperidine rings is 1. The second-order valence-corrected chi connectivity index (χ2v) is 8.23. The normalized spacial score (nSPS) is 17.0. The predicted octanol–water partition coefficient (Wildman–Crippen LogP) is 1.32. The van der Waals surface area contributed by atoms with E-state index >= 15 is 0 Å². The molecule has 0 saturated carbocycles. The van der Waals surface area contributed by atoms with Gasteiger partial charge in [0.15, 0.2) is 0 Å². The summed E-state index contributed by atoms with van der Waals surface area (Å²) in [5, 5.41) is 3.44. The molecule has 1 heterocycles. The van der Waals surface area contributed by atoms with Crippen LogP contribution in [0.5, 0.6) is 0 Å². The van der Waals surface area contributed by atoms with Gasteiger partial charge in [0, 0.05) is 11.1 Å². The Kier molecular flexibility index (Phi) is 5.89. The summed E-state index contributed by atoms with van der Waals surface area (Å²) >= 11 is 5.83. The second kappa shape index (κ2) is 7.51. The lowest BCUT2D eigenvalue weighted by Gasteiger charge is -2.30. The van der Waals surface area contributed by atoms with E-state index in [0.717, 1.165) is 36.5 Å². The molecule has 8 heteroatoms. The molecule has 0 aromatic heterocycles. The van der Waals surface area contributed by atoms with Crippen molar-refractivity contribution >= 4 is 33.2 Å². The highest BCUT2D eigenvalue weighted by Gasteiger charge is 2.23.